The van der Waals surface area contributed by atoms with Gasteiger partial charge in [0, 0.05) is 37.3 Å². The van der Waals surface area contributed by atoms with E-state index in [0.717, 1.165) is 19.6 Å². The van der Waals surface area contributed by atoms with Crippen LogP contribution < -0.4 is 5.73 Å². The molecule has 0 atom stereocenters. The van der Waals surface area contributed by atoms with Gasteiger partial charge in [0.15, 0.2) is 5.84 Å². The zero-order valence-electron chi connectivity index (χ0n) is 12.8. The first-order chi connectivity index (χ1) is 9.85. The highest BCUT2D eigenvalue weighted by molar-refractivity contribution is 5.97. The molecule has 21 heavy (non-hydrogen) atoms. The Balaban J connectivity index is 2.17. The zero-order chi connectivity index (χ0) is 15.6. The van der Waals surface area contributed by atoms with Crippen molar-refractivity contribution in [1.82, 2.24) is 9.80 Å². The van der Waals surface area contributed by atoms with Crippen LogP contribution in [0.1, 0.15) is 25.0 Å². The second-order valence-corrected chi connectivity index (χ2v) is 6.21. The van der Waals surface area contributed by atoms with E-state index in [0.29, 0.717) is 12.1 Å². The van der Waals surface area contributed by atoms with Gasteiger partial charge in [0.25, 0.3) is 0 Å². The van der Waals surface area contributed by atoms with Crippen LogP contribution in [0.5, 0.6) is 0 Å². The third kappa shape index (κ3) is 3.33. The number of likely N-dealkylation sites (N-methyl/N-ethyl adjacent to an activating group) is 1. The Morgan fingerprint density at radius 1 is 1.43 bits per heavy atom. The number of oxime groups is 1. The Morgan fingerprint density at radius 3 is 2.76 bits per heavy atom. The molecule has 1 saturated heterocycles. The Bertz CT molecular complexity index is 544. The van der Waals surface area contributed by atoms with Gasteiger partial charge in [0.1, 0.15) is 5.82 Å². The lowest BCUT2D eigenvalue weighted by molar-refractivity contribution is 0.0355. The van der Waals surface area contributed by atoms with Gasteiger partial charge in [0.05, 0.1) is 5.56 Å². The molecule has 1 aliphatic heterocycles. The van der Waals surface area contributed by atoms with Crippen LogP contribution in [0.3, 0.4) is 0 Å². The van der Waals surface area contributed by atoms with E-state index in [-0.39, 0.29) is 16.9 Å². The molecule has 3 N–H and O–H groups in total. The first kappa shape index (κ1) is 15.7. The van der Waals surface area contributed by atoms with Gasteiger partial charge in [-0.1, -0.05) is 17.3 Å². The van der Waals surface area contributed by atoms with Crippen molar-refractivity contribution in [2.24, 2.45) is 10.9 Å². The van der Waals surface area contributed by atoms with E-state index in [9.17, 15) is 4.39 Å². The summed E-state index contributed by atoms with van der Waals surface area (Å²) < 4.78 is 14.4. The lowest BCUT2D eigenvalue weighted by Gasteiger charge is -2.45. The Morgan fingerprint density at radius 2 is 2.14 bits per heavy atom. The second-order valence-electron chi connectivity index (χ2n) is 6.21. The van der Waals surface area contributed by atoms with Crippen molar-refractivity contribution in [2.75, 3.05) is 26.7 Å². The average Bonchev–Trinajstić information content (AvgIpc) is 2.44. The number of benzene rings is 1. The molecule has 1 aliphatic rings. The van der Waals surface area contributed by atoms with E-state index in [1.54, 1.807) is 12.1 Å². The summed E-state index contributed by atoms with van der Waals surface area (Å²) in [6.45, 7) is 7.61. The molecule has 0 radical (unpaired) electrons. The smallest absolute Gasteiger partial charge is 0.173 e. The normalized spacial score (nSPS) is 20.7. The Kier molecular flexibility index (Phi) is 4.49. The topological polar surface area (TPSA) is 65.1 Å². The second kappa shape index (κ2) is 5.99. The fourth-order valence-electron chi connectivity index (χ4n) is 2.67. The van der Waals surface area contributed by atoms with Gasteiger partial charge >= 0.3 is 0 Å². The minimum atomic E-state index is -0.412. The molecule has 116 valence electrons. The van der Waals surface area contributed by atoms with Gasteiger partial charge in [-0.25, -0.2) is 4.39 Å². The summed E-state index contributed by atoms with van der Waals surface area (Å²) in [6.07, 6.45) is 0. The minimum Gasteiger partial charge on any atom is -0.409 e. The van der Waals surface area contributed by atoms with Gasteiger partial charge in [-0.15, -0.1) is 0 Å². The molecule has 1 fully saturated rings. The molecule has 1 aromatic rings. The maximum atomic E-state index is 14.4. The van der Waals surface area contributed by atoms with Crippen molar-refractivity contribution >= 4 is 5.84 Å². The molecule has 0 bridgehead atoms. The van der Waals surface area contributed by atoms with E-state index >= 15 is 0 Å². The molecule has 0 aliphatic carbocycles. The highest BCUT2D eigenvalue weighted by atomic mass is 19.1. The number of halogens is 1. The van der Waals surface area contributed by atoms with E-state index in [4.69, 9.17) is 10.9 Å². The lowest BCUT2D eigenvalue weighted by Crippen LogP contribution is -2.57. The molecule has 0 aromatic heterocycles. The SMILES string of the molecule is CN1CCN(Cc2cccc(/C(N)=N/O)c2F)CC1(C)C. The number of hydrogen-bond donors (Lipinski definition) is 2. The van der Waals surface area contributed by atoms with Crippen LogP contribution in [0.25, 0.3) is 0 Å². The van der Waals surface area contributed by atoms with Gasteiger partial charge in [-0.05, 0) is 27.0 Å². The molecule has 0 unspecified atom stereocenters. The monoisotopic (exact) mass is 294 g/mol. The molecule has 6 heteroatoms. The van der Waals surface area contributed by atoms with Crippen LogP contribution in [0.4, 0.5) is 4.39 Å². The quantitative estimate of drug-likeness (QED) is 0.383. The summed E-state index contributed by atoms with van der Waals surface area (Å²) in [5.41, 5.74) is 6.28. The summed E-state index contributed by atoms with van der Waals surface area (Å²) >= 11 is 0. The molecule has 2 rings (SSSR count). The van der Waals surface area contributed by atoms with Gasteiger partial charge in [-0.2, -0.15) is 0 Å². The fraction of sp³-hybridized carbons (Fsp3) is 0.533. The first-order valence-electron chi connectivity index (χ1n) is 7.04. The molecule has 0 spiro atoms. The van der Waals surface area contributed by atoms with Crippen LogP contribution in [0.2, 0.25) is 0 Å². The number of nitrogens with two attached hydrogens (primary N) is 1. The molecule has 0 amide bonds. The predicted molar refractivity (Wildman–Crippen MR) is 80.9 cm³/mol. The summed E-state index contributed by atoms with van der Waals surface area (Å²) in [6, 6.07) is 4.99. The van der Waals surface area contributed by atoms with Crippen LogP contribution in [0, 0.1) is 5.82 Å². The summed E-state index contributed by atoms with van der Waals surface area (Å²) in [5, 5.41) is 11.6. The van der Waals surface area contributed by atoms with Crippen molar-refractivity contribution in [3.63, 3.8) is 0 Å². The van der Waals surface area contributed by atoms with Crippen molar-refractivity contribution in [3.05, 3.63) is 35.1 Å². The van der Waals surface area contributed by atoms with Gasteiger partial charge < -0.3 is 10.9 Å². The van der Waals surface area contributed by atoms with E-state index in [1.165, 1.54) is 6.07 Å². The Hall–Kier alpha value is -1.66. The number of hydrogen-bond acceptors (Lipinski definition) is 4. The maximum Gasteiger partial charge on any atom is 0.173 e. The summed E-state index contributed by atoms with van der Waals surface area (Å²) in [5.74, 6) is -0.613. The first-order valence-corrected chi connectivity index (χ1v) is 7.04. The van der Waals surface area contributed by atoms with Crippen LogP contribution in [-0.2, 0) is 6.54 Å². The van der Waals surface area contributed by atoms with Crippen molar-refractivity contribution in [2.45, 2.75) is 25.9 Å². The molecule has 5 nitrogen and oxygen atoms in total. The van der Waals surface area contributed by atoms with Crippen molar-refractivity contribution < 1.29 is 9.60 Å². The average molecular weight is 294 g/mol. The van der Waals surface area contributed by atoms with Gasteiger partial charge in [-0.3, -0.25) is 9.80 Å². The molecular weight excluding hydrogens is 271 g/mol. The van der Waals surface area contributed by atoms with Crippen LogP contribution in [-0.4, -0.2) is 53.1 Å². The minimum absolute atomic E-state index is 0.0674. The van der Waals surface area contributed by atoms with Crippen LogP contribution >= 0.6 is 0 Å². The maximum absolute atomic E-state index is 14.4. The summed E-state index contributed by atoms with van der Waals surface area (Å²) in [7, 11) is 2.11. The van der Waals surface area contributed by atoms with Crippen molar-refractivity contribution in [3.8, 4) is 0 Å². The number of amidine groups is 1. The molecule has 1 aromatic carbocycles. The fourth-order valence-corrected chi connectivity index (χ4v) is 2.67. The highest BCUT2D eigenvalue weighted by Crippen LogP contribution is 2.22. The zero-order valence-corrected chi connectivity index (χ0v) is 12.8. The van der Waals surface area contributed by atoms with E-state index in [2.05, 4.69) is 35.9 Å². The largest absolute Gasteiger partial charge is 0.409 e. The predicted octanol–water partition coefficient (Wildman–Crippen LogP) is 1.45. The Labute approximate surface area is 124 Å². The standard InChI is InChI=1S/C15H23FN4O/c1-15(2)10-20(8-7-19(15)3)9-11-5-4-6-12(13(11)16)14(17)18-21/h4-6,21H,7-10H2,1-3H3,(H2,17,18). The summed E-state index contributed by atoms with van der Waals surface area (Å²) in [4.78, 5) is 4.54. The number of piperazine rings is 1. The highest BCUT2D eigenvalue weighted by Gasteiger charge is 2.31. The molecule has 0 saturated carbocycles. The van der Waals surface area contributed by atoms with E-state index < -0.39 is 5.82 Å². The van der Waals surface area contributed by atoms with Crippen LogP contribution in [0.15, 0.2) is 23.4 Å². The number of rotatable bonds is 3. The molecule has 1 heterocycles. The van der Waals surface area contributed by atoms with E-state index in [1.807, 2.05) is 0 Å². The lowest BCUT2D eigenvalue weighted by atomic mass is 9.99. The van der Waals surface area contributed by atoms with Crippen molar-refractivity contribution in [1.29, 1.82) is 0 Å². The van der Waals surface area contributed by atoms with Gasteiger partial charge in [0.2, 0.25) is 0 Å². The number of nitrogens with zero attached hydrogens (tertiary/aromatic N) is 3. The third-order valence-corrected chi connectivity index (χ3v) is 4.25. The third-order valence-electron chi connectivity index (χ3n) is 4.25. The molecular formula is C15H23FN4O.